The molecule has 3 atom stereocenters. The van der Waals surface area contributed by atoms with Crippen molar-refractivity contribution >= 4 is 0 Å². The molecular weight excluding hydrogens is 284 g/mol. The second-order valence-electron chi connectivity index (χ2n) is 7.87. The lowest BCUT2D eigenvalue weighted by Gasteiger charge is -2.23. The van der Waals surface area contributed by atoms with E-state index in [1.165, 1.54) is 36.8 Å². The summed E-state index contributed by atoms with van der Waals surface area (Å²) in [7, 11) is 0. The van der Waals surface area contributed by atoms with Crippen LogP contribution in [0.1, 0.15) is 80.6 Å². The minimum atomic E-state index is -0.395. The van der Waals surface area contributed by atoms with Crippen LogP contribution >= 0.6 is 0 Å². The van der Waals surface area contributed by atoms with E-state index in [9.17, 15) is 0 Å². The third-order valence-electron chi connectivity index (χ3n) is 5.10. The van der Waals surface area contributed by atoms with Gasteiger partial charge in [0, 0.05) is 0 Å². The third kappa shape index (κ3) is 8.17. The Morgan fingerprint density at radius 3 is 2.39 bits per heavy atom. The van der Waals surface area contributed by atoms with Gasteiger partial charge in [0.15, 0.2) is 5.79 Å². The van der Waals surface area contributed by atoms with Crippen LogP contribution in [0.4, 0.5) is 0 Å². The Kier molecular flexibility index (Phi) is 8.57. The lowest BCUT2D eigenvalue weighted by Crippen LogP contribution is -2.23. The largest absolute Gasteiger partial charge is 0.348 e. The molecule has 0 amide bonds. The molecule has 1 rings (SSSR count). The second-order valence-corrected chi connectivity index (χ2v) is 7.87. The maximum Gasteiger partial charge on any atom is 0.163 e. The van der Waals surface area contributed by atoms with Crippen molar-refractivity contribution in [3.05, 3.63) is 23.3 Å². The molecule has 0 aromatic rings. The van der Waals surface area contributed by atoms with Crippen LogP contribution in [0.5, 0.6) is 0 Å². The Morgan fingerprint density at radius 1 is 1.13 bits per heavy atom. The Hall–Kier alpha value is -0.600. The van der Waals surface area contributed by atoms with Crippen molar-refractivity contribution < 1.29 is 9.47 Å². The molecule has 0 aromatic heterocycles. The minimum Gasteiger partial charge on any atom is -0.348 e. The van der Waals surface area contributed by atoms with Gasteiger partial charge in [-0.05, 0) is 71.6 Å². The predicted octanol–water partition coefficient (Wildman–Crippen LogP) is 6.27. The van der Waals surface area contributed by atoms with E-state index in [1.54, 1.807) is 0 Å². The van der Waals surface area contributed by atoms with E-state index in [0.717, 1.165) is 13.0 Å². The molecule has 0 aromatic carbocycles. The highest BCUT2D eigenvalue weighted by Gasteiger charge is 2.33. The molecule has 0 N–H and O–H groups in total. The molecule has 1 aliphatic rings. The highest BCUT2D eigenvalue weighted by atomic mass is 16.7. The normalized spacial score (nSPS) is 24.7. The van der Waals surface area contributed by atoms with Gasteiger partial charge in [0.2, 0.25) is 0 Å². The van der Waals surface area contributed by atoms with E-state index < -0.39 is 5.79 Å². The van der Waals surface area contributed by atoms with Gasteiger partial charge >= 0.3 is 0 Å². The number of allylic oxidation sites excluding steroid dienone is 4. The van der Waals surface area contributed by atoms with Crippen LogP contribution in [0.3, 0.4) is 0 Å². The van der Waals surface area contributed by atoms with E-state index in [-0.39, 0.29) is 6.10 Å². The van der Waals surface area contributed by atoms with E-state index in [4.69, 9.17) is 9.47 Å². The van der Waals surface area contributed by atoms with Gasteiger partial charge in [-0.2, -0.15) is 0 Å². The maximum atomic E-state index is 5.94. The molecule has 23 heavy (non-hydrogen) atoms. The maximum absolute atomic E-state index is 5.94. The molecule has 134 valence electrons. The van der Waals surface area contributed by atoms with Gasteiger partial charge in [0.25, 0.3) is 0 Å². The summed E-state index contributed by atoms with van der Waals surface area (Å²) in [5.74, 6) is 0.947. The van der Waals surface area contributed by atoms with Gasteiger partial charge in [0.05, 0.1) is 12.7 Å². The Bertz CT molecular complexity index is 406. The number of hydrogen-bond donors (Lipinski definition) is 0. The second kappa shape index (κ2) is 9.64. The van der Waals surface area contributed by atoms with Crippen molar-refractivity contribution in [1.82, 2.24) is 0 Å². The van der Waals surface area contributed by atoms with Crippen LogP contribution in [0.2, 0.25) is 0 Å². The van der Waals surface area contributed by atoms with Crippen LogP contribution in [0, 0.1) is 11.8 Å². The van der Waals surface area contributed by atoms with Gasteiger partial charge in [0.1, 0.15) is 0 Å². The number of rotatable bonds is 9. The highest BCUT2D eigenvalue weighted by Crippen LogP contribution is 2.29. The molecule has 1 aliphatic heterocycles. The fraction of sp³-hybridized carbons (Fsp3) is 0.810. The summed E-state index contributed by atoms with van der Waals surface area (Å²) in [5.41, 5.74) is 3.02. The summed E-state index contributed by atoms with van der Waals surface area (Å²) < 4.78 is 11.6. The topological polar surface area (TPSA) is 18.5 Å². The zero-order valence-electron chi connectivity index (χ0n) is 16.4. The van der Waals surface area contributed by atoms with Crippen LogP contribution in [0.25, 0.3) is 0 Å². The molecule has 1 saturated heterocycles. The summed E-state index contributed by atoms with van der Waals surface area (Å²) in [6.07, 6.45) is 10.9. The Labute approximate surface area is 144 Å². The first kappa shape index (κ1) is 20.4. The van der Waals surface area contributed by atoms with Crippen molar-refractivity contribution in [2.24, 2.45) is 11.8 Å². The fourth-order valence-electron chi connectivity index (χ4n) is 2.94. The van der Waals surface area contributed by atoms with Gasteiger partial charge < -0.3 is 9.47 Å². The number of hydrogen-bond acceptors (Lipinski definition) is 2. The molecule has 0 unspecified atom stereocenters. The van der Waals surface area contributed by atoms with Gasteiger partial charge in [-0.1, -0.05) is 44.1 Å². The Morgan fingerprint density at radius 2 is 1.83 bits per heavy atom. The average molecular weight is 323 g/mol. The first-order valence-corrected chi connectivity index (χ1v) is 9.36. The molecule has 1 fully saturated rings. The molecule has 2 heteroatoms. The summed E-state index contributed by atoms with van der Waals surface area (Å²) in [5, 5.41) is 0. The van der Waals surface area contributed by atoms with Gasteiger partial charge in [-0.3, -0.25) is 0 Å². The van der Waals surface area contributed by atoms with E-state index in [2.05, 4.69) is 46.8 Å². The van der Waals surface area contributed by atoms with Crippen molar-refractivity contribution in [3.8, 4) is 0 Å². The smallest absolute Gasteiger partial charge is 0.163 e. The SMILES string of the molecule is CC/C(C)=C\CC/C(C)=C/C[C@@H](C)[C@@H](C)C[C@H]1COC(C)(C)O1. The van der Waals surface area contributed by atoms with Gasteiger partial charge in [-0.15, -0.1) is 0 Å². The van der Waals surface area contributed by atoms with E-state index in [1.807, 2.05) is 13.8 Å². The number of ether oxygens (including phenoxy) is 2. The monoisotopic (exact) mass is 322 g/mol. The lowest BCUT2D eigenvalue weighted by atomic mass is 9.87. The zero-order valence-corrected chi connectivity index (χ0v) is 16.4. The van der Waals surface area contributed by atoms with Crippen molar-refractivity contribution in [1.29, 1.82) is 0 Å². The molecule has 0 bridgehead atoms. The van der Waals surface area contributed by atoms with Crippen LogP contribution < -0.4 is 0 Å². The molecule has 2 nitrogen and oxygen atoms in total. The molecule has 0 radical (unpaired) electrons. The zero-order chi connectivity index (χ0) is 17.5. The molecule has 0 saturated carbocycles. The first-order valence-electron chi connectivity index (χ1n) is 9.36. The highest BCUT2D eigenvalue weighted by molar-refractivity contribution is 5.03. The first-order chi connectivity index (χ1) is 10.7. The van der Waals surface area contributed by atoms with Crippen molar-refractivity contribution in [2.75, 3.05) is 6.61 Å². The molecule has 0 aliphatic carbocycles. The van der Waals surface area contributed by atoms with Gasteiger partial charge in [-0.25, -0.2) is 0 Å². The van der Waals surface area contributed by atoms with Crippen molar-refractivity contribution in [3.63, 3.8) is 0 Å². The van der Waals surface area contributed by atoms with E-state index in [0.29, 0.717) is 11.8 Å². The summed E-state index contributed by atoms with van der Waals surface area (Å²) in [6, 6.07) is 0. The lowest BCUT2D eigenvalue weighted by molar-refractivity contribution is -0.140. The summed E-state index contributed by atoms with van der Waals surface area (Å²) in [4.78, 5) is 0. The van der Waals surface area contributed by atoms with Crippen LogP contribution in [0.15, 0.2) is 23.3 Å². The standard InChI is InChI=1S/C21H38O2/c1-8-16(2)10-9-11-17(3)12-13-18(4)19(5)14-20-15-22-21(6,7)23-20/h10,12,18-20H,8-9,11,13-15H2,1-7H3/b16-10-,17-12+/t18-,19+,20+/m1/s1. The predicted molar refractivity (Wildman–Crippen MR) is 99.5 cm³/mol. The summed E-state index contributed by atoms with van der Waals surface area (Å²) >= 11 is 0. The molecular formula is C21H38O2. The minimum absolute atomic E-state index is 0.259. The molecule has 1 heterocycles. The van der Waals surface area contributed by atoms with Crippen LogP contribution in [-0.2, 0) is 9.47 Å². The third-order valence-corrected chi connectivity index (χ3v) is 5.10. The van der Waals surface area contributed by atoms with Crippen LogP contribution in [-0.4, -0.2) is 18.5 Å². The van der Waals surface area contributed by atoms with Crippen molar-refractivity contribution in [2.45, 2.75) is 92.5 Å². The Balaban J connectivity index is 2.31. The quantitative estimate of drug-likeness (QED) is 0.465. The van der Waals surface area contributed by atoms with E-state index >= 15 is 0 Å². The molecule has 0 spiro atoms. The fourth-order valence-corrected chi connectivity index (χ4v) is 2.94. The summed E-state index contributed by atoms with van der Waals surface area (Å²) in [6.45, 7) is 16.2. The average Bonchev–Trinajstić information content (AvgIpc) is 2.83.